The number of carbonyl (C=O) groups excluding carboxylic acids is 1. The normalized spacial score (nSPS) is 13.1. The van der Waals surface area contributed by atoms with Crippen molar-refractivity contribution in [1.29, 1.82) is 0 Å². The first-order valence-corrected chi connectivity index (χ1v) is 7.85. The van der Waals surface area contributed by atoms with Crippen LogP contribution in [-0.4, -0.2) is 22.7 Å². The molecule has 0 aliphatic heterocycles. The summed E-state index contributed by atoms with van der Waals surface area (Å²) in [5.41, 5.74) is -0.484. The molecule has 4 nitrogen and oxygen atoms in total. The Kier molecular flexibility index (Phi) is 6.32. The number of hydrogen-bond acceptors (Lipinski definition) is 4. The second kappa shape index (κ2) is 7.28. The van der Waals surface area contributed by atoms with E-state index >= 15 is 0 Å². The number of hydrogen-bond donors (Lipinski definition) is 1. The Bertz CT molecular complexity index is 417. The maximum Gasteiger partial charge on any atom is 0.307 e. The maximum absolute atomic E-state index is 11.9. The molecule has 0 aromatic heterocycles. The Balaban J connectivity index is 2.33. The minimum atomic E-state index is -1.31. The Morgan fingerprint density at radius 3 is 2.47 bits per heavy atom. The van der Waals surface area contributed by atoms with E-state index in [1.165, 1.54) is 0 Å². The standard InChI is InChI=1S/C13H18BrNO3S/c1-13(2,3)18-12(16)8-9-15-19(17)11-6-4-10(14)5-7-11/h4-7,15H,8-9H2,1-3H3. The topological polar surface area (TPSA) is 61.4 Å². The molecule has 0 heterocycles. The second-order valence-corrected chi connectivity index (χ2v) is 7.17. The molecule has 1 aromatic carbocycles. The van der Waals surface area contributed by atoms with Crippen molar-refractivity contribution in [3.8, 4) is 0 Å². The first-order valence-electron chi connectivity index (χ1n) is 5.90. The highest BCUT2D eigenvalue weighted by Crippen LogP contribution is 2.14. The van der Waals surface area contributed by atoms with Crippen LogP contribution in [0.1, 0.15) is 27.2 Å². The number of rotatable bonds is 5. The van der Waals surface area contributed by atoms with Crippen LogP contribution < -0.4 is 4.72 Å². The van der Waals surface area contributed by atoms with E-state index < -0.39 is 17.0 Å². The van der Waals surface area contributed by atoms with Crippen LogP contribution in [0.15, 0.2) is 33.6 Å². The van der Waals surface area contributed by atoms with E-state index in [2.05, 4.69) is 20.7 Å². The molecule has 1 rings (SSSR count). The maximum atomic E-state index is 11.9. The zero-order chi connectivity index (χ0) is 14.5. The van der Waals surface area contributed by atoms with Crippen LogP contribution in [0.25, 0.3) is 0 Å². The third-order valence-electron chi connectivity index (χ3n) is 2.01. The van der Waals surface area contributed by atoms with Crippen LogP contribution in [0.3, 0.4) is 0 Å². The predicted octanol–water partition coefficient (Wildman–Crippen LogP) is 2.79. The van der Waals surface area contributed by atoms with E-state index in [1.807, 2.05) is 32.9 Å². The third-order valence-corrected chi connectivity index (χ3v) is 3.71. The lowest BCUT2D eigenvalue weighted by Gasteiger charge is -2.19. The van der Waals surface area contributed by atoms with Gasteiger partial charge in [0, 0.05) is 4.47 Å². The first kappa shape index (κ1) is 16.5. The van der Waals surface area contributed by atoms with Gasteiger partial charge in [-0.05, 0) is 45.0 Å². The molecule has 106 valence electrons. The lowest BCUT2D eigenvalue weighted by Crippen LogP contribution is -2.29. The summed E-state index contributed by atoms with van der Waals surface area (Å²) in [5, 5.41) is 0. The highest BCUT2D eigenvalue weighted by atomic mass is 79.9. The minimum absolute atomic E-state index is 0.194. The number of carbonyl (C=O) groups is 1. The molecular weight excluding hydrogens is 330 g/mol. The number of esters is 1. The lowest BCUT2D eigenvalue weighted by atomic mass is 10.2. The van der Waals surface area contributed by atoms with Gasteiger partial charge in [0.25, 0.3) is 0 Å². The largest absolute Gasteiger partial charge is 0.593 e. The molecular formula is C13H18BrNO3S. The molecule has 0 aliphatic rings. The molecule has 0 bridgehead atoms. The van der Waals surface area contributed by atoms with Crippen molar-refractivity contribution in [2.45, 2.75) is 37.7 Å². The van der Waals surface area contributed by atoms with Crippen LogP contribution >= 0.6 is 15.9 Å². The molecule has 1 atom stereocenters. The van der Waals surface area contributed by atoms with Gasteiger partial charge in [0.2, 0.25) is 0 Å². The molecule has 19 heavy (non-hydrogen) atoms. The summed E-state index contributed by atoms with van der Waals surface area (Å²) in [6, 6.07) is 7.17. The predicted molar refractivity (Wildman–Crippen MR) is 79.0 cm³/mol. The fourth-order valence-corrected chi connectivity index (χ4v) is 2.38. The number of ether oxygens (including phenoxy) is 1. The van der Waals surface area contributed by atoms with Gasteiger partial charge in [-0.15, -0.1) is 4.72 Å². The van der Waals surface area contributed by atoms with Gasteiger partial charge in [-0.2, -0.15) is 0 Å². The van der Waals surface area contributed by atoms with Crippen LogP contribution in [0.5, 0.6) is 0 Å². The number of nitrogens with one attached hydrogen (secondary N) is 1. The highest BCUT2D eigenvalue weighted by Gasteiger charge is 2.17. The molecule has 0 amide bonds. The summed E-state index contributed by atoms with van der Waals surface area (Å²) in [5.74, 6) is -0.298. The van der Waals surface area contributed by atoms with Gasteiger partial charge < -0.3 is 9.29 Å². The molecule has 6 heteroatoms. The van der Waals surface area contributed by atoms with E-state index in [1.54, 1.807) is 12.1 Å². The van der Waals surface area contributed by atoms with Crippen molar-refractivity contribution in [2.24, 2.45) is 0 Å². The molecule has 1 unspecified atom stereocenters. The molecule has 1 aromatic rings. The Labute approximate surface area is 125 Å². The monoisotopic (exact) mass is 347 g/mol. The van der Waals surface area contributed by atoms with E-state index in [9.17, 15) is 9.35 Å². The van der Waals surface area contributed by atoms with Gasteiger partial charge in [-0.1, -0.05) is 15.9 Å². The molecule has 0 spiro atoms. The zero-order valence-corrected chi connectivity index (χ0v) is 13.6. The van der Waals surface area contributed by atoms with Crippen molar-refractivity contribution < 1.29 is 14.1 Å². The van der Waals surface area contributed by atoms with Crippen LogP contribution in [0.4, 0.5) is 0 Å². The number of halogens is 1. The quantitative estimate of drug-likeness (QED) is 0.657. The third kappa shape index (κ3) is 6.96. The summed E-state index contributed by atoms with van der Waals surface area (Å²) >= 11 is 2.00. The SMILES string of the molecule is CC(C)(C)OC(=O)CCN[S+]([O-])c1ccc(Br)cc1. The summed E-state index contributed by atoms with van der Waals surface area (Å²) in [7, 11) is 0. The summed E-state index contributed by atoms with van der Waals surface area (Å²) < 4.78 is 20.7. The summed E-state index contributed by atoms with van der Waals surface area (Å²) in [4.78, 5) is 12.1. The van der Waals surface area contributed by atoms with Crippen LogP contribution in [0.2, 0.25) is 0 Å². The van der Waals surface area contributed by atoms with Crippen molar-refractivity contribution in [3.63, 3.8) is 0 Å². The van der Waals surface area contributed by atoms with Gasteiger partial charge in [0.1, 0.15) is 5.60 Å². The molecule has 0 saturated heterocycles. The molecule has 0 fully saturated rings. The average molecular weight is 348 g/mol. The summed E-state index contributed by atoms with van der Waals surface area (Å²) in [6.45, 7) is 5.77. The molecule has 0 saturated carbocycles. The molecule has 1 N–H and O–H groups in total. The van der Waals surface area contributed by atoms with Gasteiger partial charge in [-0.25, -0.2) is 0 Å². The smallest absolute Gasteiger partial charge is 0.307 e. The van der Waals surface area contributed by atoms with E-state index in [0.717, 1.165) is 4.47 Å². The highest BCUT2D eigenvalue weighted by molar-refractivity contribution is 9.10. The molecule has 0 aliphatic carbocycles. The van der Waals surface area contributed by atoms with E-state index in [4.69, 9.17) is 4.74 Å². The second-order valence-electron chi connectivity index (χ2n) is 4.95. The van der Waals surface area contributed by atoms with Crippen molar-refractivity contribution >= 4 is 33.3 Å². The zero-order valence-electron chi connectivity index (χ0n) is 11.2. The van der Waals surface area contributed by atoms with Gasteiger partial charge in [-0.3, -0.25) is 4.79 Å². The molecule has 0 radical (unpaired) electrons. The van der Waals surface area contributed by atoms with Gasteiger partial charge in [0.05, 0.1) is 24.3 Å². The van der Waals surface area contributed by atoms with Gasteiger partial charge in [0.15, 0.2) is 4.90 Å². The summed E-state index contributed by atoms with van der Waals surface area (Å²) in [6.07, 6.45) is 0.194. The number of benzene rings is 1. The fraction of sp³-hybridized carbons (Fsp3) is 0.462. The minimum Gasteiger partial charge on any atom is -0.593 e. The van der Waals surface area contributed by atoms with E-state index in [-0.39, 0.29) is 12.4 Å². The first-order chi connectivity index (χ1) is 8.78. The lowest BCUT2D eigenvalue weighted by molar-refractivity contribution is -0.154. The Morgan fingerprint density at radius 1 is 1.37 bits per heavy atom. The van der Waals surface area contributed by atoms with Crippen molar-refractivity contribution in [3.05, 3.63) is 28.7 Å². The average Bonchev–Trinajstić information content (AvgIpc) is 2.27. The van der Waals surface area contributed by atoms with Gasteiger partial charge >= 0.3 is 5.97 Å². The Morgan fingerprint density at radius 2 is 1.95 bits per heavy atom. The van der Waals surface area contributed by atoms with E-state index in [0.29, 0.717) is 11.4 Å². The fourth-order valence-electron chi connectivity index (χ4n) is 1.28. The van der Waals surface area contributed by atoms with Crippen LogP contribution in [0, 0.1) is 0 Å². The van der Waals surface area contributed by atoms with Crippen molar-refractivity contribution in [1.82, 2.24) is 4.72 Å². The van der Waals surface area contributed by atoms with Crippen molar-refractivity contribution in [2.75, 3.05) is 6.54 Å². The van der Waals surface area contributed by atoms with Crippen LogP contribution in [-0.2, 0) is 20.9 Å². The Hall–Kier alpha value is -0.560.